The van der Waals surface area contributed by atoms with Crippen LogP contribution in [-0.4, -0.2) is 23.9 Å². The van der Waals surface area contributed by atoms with Crippen LogP contribution in [0.25, 0.3) is 0 Å². The van der Waals surface area contributed by atoms with E-state index in [1.807, 2.05) is 13.8 Å². The molecule has 0 radical (unpaired) electrons. The van der Waals surface area contributed by atoms with Crippen LogP contribution in [0.15, 0.2) is 10.5 Å². The van der Waals surface area contributed by atoms with Crippen LogP contribution in [0.3, 0.4) is 0 Å². The molecule has 2 N–H and O–H groups in total. The summed E-state index contributed by atoms with van der Waals surface area (Å²) in [4.78, 5) is 0. The molecule has 84 valence electrons. The molecule has 1 aromatic rings. The van der Waals surface area contributed by atoms with Gasteiger partial charge in [0.2, 0.25) is 0 Å². The molecule has 1 unspecified atom stereocenters. The van der Waals surface area contributed by atoms with E-state index in [1.165, 1.54) is 7.11 Å². The van der Waals surface area contributed by atoms with Crippen molar-refractivity contribution in [1.82, 2.24) is 0 Å². The van der Waals surface area contributed by atoms with Crippen LogP contribution in [0, 0.1) is 6.92 Å². The highest BCUT2D eigenvalue weighted by Crippen LogP contribution is 2.41. The van der Waals surface area contributed by atoms with Gasteiger partial charge in [0.1, 0.15) is 0 Å². The first-order valence-corrected chi connectivity index (χ1v) is 5.49. The predicted molar refractivity (Wildman–Crippen MR) is 62.6 cm³/mol. The maximum absolute atomic E-state index is 9.79. The molecule has 0 saturated carbocycles. The van der Waals surface area contributed by atoms with Crippen molar-refractivity contribution < 1.29 is 14.9 Å². The third-order valence-electron chi connectivity index (χ3n) is 2.44. The largest absolute Gasteiger partial charge is 0.503 e. The van der Waals surface area contributed by atoms with E-state index in [4.69, 9.17) is 9.84 Å². The van der Waals surface area contributed by atoms with Crippen molar-refractivity contribution in [3.8, 4) is 11.5 Å². The van der Waals surface area contributed by atoms with Gasteiger partial charge in [0.25, 0.3) is 0 Å². The zero-order chi connectivity index (χ0) is 11.6. The van der Waals surface area contributed by atoms with Crippen LogP contribution in [0.4, 0.5) is 0 Å². The number of halogens is 1. The Labute approximate surface area is 97.8 Å². The topological polar surface area (TPSA) is 49.7 Å². The molecule has 4 heteroatoms. The highest BCUT2D eigenvalue weighted by atomic mass is 79.9. The first-order valence-electron chi connectivity index (χ1n) is 4.69. The smallest absolute Gasteiger partial charge is 0.172 e. The minimum absolute atomic E-state index is 0.0174. The SMILES string of the molecule is COc1cc(C)c(C(C)CO)c(Br)c1O. The molecule has 0 aliphatic carbocycles. The molecule has 0 aliphatic heterocycles. The molecule has 0 amide bonds. The van der Waals surface area contributed by atoms with Gasteiger partial charge in [0.15, 0.2) is 11.5 Å². The number of rotatable bonds is 3. The van der Waals surface area contributed by atoms with E-state index >= 15 is 0 Å². The van der Waals surface area contributed by atoms with Gasteiger partial charge in [-0.15, -0.1) is 0 Å². The minimum atomic E-state index is -0.0174. The molecule has 0 bridgehead atoms. The van der Waals surface area contributed by atoms with Crippen molar-refractivity contribution in [3.05, 3.63) is 21.7 Å². The van der Waals surface area contributed by atoms with Crippen LogP contribution >= 0.6 is 15.9 Å². The van der Waals surface area contributed by atoms with Crippen LogP contribution in [0.5, 0.6) is 11.5 Å². The molecule has 3 nitrogen and oxygen atoms in total. The lowest BCUT2D eigenvalue weighted by Crippen LogP contribution is -2.03. The van der Waals surface area contributed by atoms with Gasteiger partial charge in [-0.1, -0.05) is 6.92 Å². The van der Waals surface area contributed by atoms with E-state index < -0.39 is 0 Å². The molecule has 0 saturated heterocycles. The van der Waals surface area contributed by atoms with Gasteiger partial charge in [-0.2, -0.15) is 0 Å². The number of phenolic OH excluding ortho intramolecular Hbond substituents is 1. The van der Waals surface area contributed by atoms with Crippen LogP contribution in [0.2, 0.25) is 0 Å². The number of aromatic hydroxyl groups is 1. The quantitative estimate of drug-likeness (QED) is 0.891. The molecular weight excluding hydrogens is 260 g/mol. The molecule has 15 heavy (non-hydrogen) atoms. The number of benzene rings is 1. The molecule has 1 rings (SSSR count). The Balaban J connectivity index is 3.35. The average molecular weight is 275 g/mol. The second-order valence-corrected chi connectivity index (χ2v) is 4.35. The molecular formula is C11H15BrO3. The molecule has 0 aliphatic rings. The fourth-order valence-corrected chi connectivity index (χ4v) is 2.50. The number of hydrogen-bond donors (Lipinski definition) is 2. The Morgan fingerprint density at radius 1 is 1.53 bits per heavy atom. The number of aryl methyl sites for hydroxylation is 1. The van der Waals surface area contributed by atoms with Crippen molar-refractivity contribution in [2.75, 3.05) is 13.7 Å². The van der Waals surface area contributed by atoms with E-state index in [9.17, 15) is 5.11 Å². The normalized spacial score (nSPS) is 12.6. The summed E-state index contributed by atoms with van der Waals surface area (Å²) >= 11 is 3.32. The summed E-state index contributed by atoms with van der Waals surface area (Å²) in [5, 5.41) is 18.9. The number of aliphatic hydroxyl groups excluding tert-OH is 1. The van der Waals surface area contributed by atoms with Gasteiger partial charge in [0, 0.05) is 12.5 Å². The summed E-state index contributed by atoms with van der Waals surface area (Å²) in [6.07, 6.45) is 0. The highest BCUT2D eigenvalue weighted by Gasteiger charge is 2.18. The number of hydrogen-bond acceptors (Lipinski definition) is 3. The molecule has 0 spiro atoms. The van der Waals surface area contributed by atoms with E-state index in [-0.39, 0.29) is 18.3 Å². The van der Waals surface area contributed by atoms with Gasteiger partial charge >= 0.3 is 0 Å². The molecule has 0 fully saturated rings. The van der Waals surface area contributed by atoms with E-state index in [0.717, 1.165) is 11.1 Å². The number of phenols is 1. The van der Waals surface area contributed by atoms with Gasteiger partial charge in [-0.05, 0) is 40.0 Å². The Kier molecular flexibility index (Phi) is 3.99. The van der Waals surface area contributed by atoms with Crippen molar-refractivity contribution in [2.45, 2.75) is 19.8 Å². The maximum Gasteiger partial charge on any atom is 0.172 e. The lowest BCUT2D eigenvalue weighted by atomic mass is 9.96. The number of ether oxygens (including phenoxy) is 1. The van der Waals surface area contributed by atoms with Crippen molar-refractivity contribution in [1.29, 1.82) is 0 Å². The Hall–Kier alpha value is -0.740. The fourth-order valence-electron chi connectivity index (χ4n) is 1.60. The Morgan fingerprint density at radius 3 is 2.60 bits per heavy atom. The monoisotopic (exact) mass is 274 g/mol. The first-order chi connectivity index (χ1) is 7.02. The molecule has 0 heterocycles. The number of aliphatic hydroxyl groups is 1. The van der Waals surface area contributed by atoms with Gasteiger partial charge in [-0.25, -0.2) is 0 Å². The van der Waals surface area contributed by atoms with E-state index in [2.05, 4.69) is 15.9 Å². The zero-order valence-corrected chi connectivity index (χ0v) is 10.6. The van der Waals surface area contributed by atoms with Gasteiger partial charge in [-0.3, -0.25) is 0 Å². The summed E-state index contributed by atoms with van der Waals surface area (Å²) in [5.74, 6) is 0.503. The third-order valence-corrected chi connectivity index (χ3v) is 3.24. The van der Waals surface area contributed by atoms with Crippen molar-refractivity contribution in [3.63, 3.8) is 0 Å². The molecule has 0 aromatic heterocycles. The second-order valence-electron chi connectivity index (χ2n) is 3.56. The van der Waals surface area contributed by atoms with E-state index in [1.54, 1.807) is 6.07 Å². The van der Waals surface area contributed by atoms with Crippen LogP contribution in [-0.2, 0) is 0 Å². The van der Waals surface area contributed by atoms with Crippen LogP contribution < -0.4 is 4.74 Å². The lowest BCUT2D eigenvalue weighted by Gasteiger charge is -2.17. The number of methoxy groups -OCH3 is 1. The van der Waals surface area contributed by atoms with Crippen molar-refractivity contribution in [2.24, 2.45) is 0 Å². The lowest BCUT2D eigenvalue weighted by molar-refractivity contribution is 0.272. The summed E-state index contributed by atoms with van der Waals surface area (Å²) in [5.41, 5.74) is 1.90. The Morgan fingerprint density at radius 2 is 2.13 bits per heavy atom. The summed E-state index contributed by atoms with van der Waals surface area (Å²) < 4.78 is 5.63. The predicted octanol–water partition coefficient (Wildman–Crippen LogP) is 2.57. The Bertz CT molecular complexity index is 363. The first kappa shape index (κ1) is 12.3. The highest BCUT2D eigenvalue weighted by molar-refractivity contribution is 9.10. The fraction of sp³-hybridized carbons (Fsp3) is 0.455. The molecule has 1 aromatic carbocycles. The zero-order valence-electron chi connectivity index (χ0n) is 9.04. The summed E-state index contributed by atoms with van der Waals surface area (Å²) in [7, 11) is 1.51. The van der Waals surface area contributed by atoms with Gasteiger partial charge < -0.3 is 14.9 Å². The minimum Gasteiger partial charge on any atom is -0.503 e. The van der Waals surface area contributed by atoms with Crippen molar-refractivity contribution >= 4 is 15.9 Å². The standard InChI is InChI=1S/C11H15BrO3/c1-6-4-8(15-3)11(14)10(12)9(6)7(2)5-13/h4,7,13-14H,5H2,1-3H3. The van der Waals surface area contributed by atoms with Gasteiger partial charge in [0.05, 0.1) is 11.6 Å². The summed E-state index contributed by atoms with van der Waals surface area (Å²) in [6, 6.07) is 1.77. The molecule has 1 atom stereocenters. The van der Waals surface area contributed by atoms with Crippen LogP contribution in [0.1, 0.15) is 24.0 Å². The second kappa shape index (κ2) is 4.86. The average Bonchev–Trinajstić information content (AvgIpc) is 2.23. The van der Waals surface area contributed by atoms with E-state index in [0.29, 0.717) is 10.2 Å². The third kappa shape index (κ3) is 2.26. The maximum atomic E-state index is 9.79. The summed E-state index contributed by atoms with van der Waals surface area (Å²) in [6.45, 7) is 3.87.